The summed E-state index contributed by atoms with van der Waals surface area (Å²) in [7, 11) is 0. The van der Waals surface area contributed by atoms with Crippen molar-refractivity contribution in [2.75, 3.05) is 0 Å². The smallest absolute Gasteiger partial charge is 0.0569 e. The summed E-state index contributed by atoms with van der Waals surface area (Å²) in [4.78, 5) is 6.87. The fourth-order valence-corrected chi connectivity index (χ4v) is 3.32. The van der Waals surface area contributed by atoms with E-state index in [9.17, 15) is 0 Å². The van der Waals surface area contributed by atoms with Crippen LogP contribution >= 0.6 is 11.8 Å². The molecule has 0 spiro atoms. The third-order valence-corrected chi connectivity index (χ3v) is 4.50. The van der Waals surface area contributed by atoms with Crippen LogP contribution in [-0.4, -0.2) is 4.98 Å². The van der Waals surface area contributed by atoms with Crippen molar-refractivity contribution in [3.63, 3.8) is 0 Å². The highest BCUT2D eigenvalue weighted by Crippen LogP contribution is 2.31. The quantitative estimate of drug-likeness (QED) is 0.923. The van der Waals surface area contributed by atoms with Gasteiger partial charge in [-0.15, -0.1) is 0 Å². The van der Waals surface area contributed by atoms with E-state index in [2.05, 4.69) is 29.2 Å². The lowest BCUT2D eigenvalue weighted by molar-refractivity contribution is 0.777. The van der Waals surface area contributed by atoms with E-state index in [1.165, 1.54) is 40.2 Å². The molecular weight excluding hydrogens is 252 g/mol. The Morgan fingerprint density at radius 1 is 1.11 bits per heavy atom. The van der Waals surface area contributed by atoms with Crippen LogP contribution in [0.15, 0.2) is 46.3 Å². The number of nitrogens with zero attached hydrogens (tertiary/aromatic N) is 1. The van der Waals surface area contributed by atoms with E-state index in [1.54, 1.807) is 11.8 Å². The number of fused-ring (bicyclic) bond motifs is 1. The minimum Gasteiger partial charge on any atom is -0.323 e. The number of aromatic nitrogens is 1. The molecule has 0 amide bonds. The highest BCUT2D eigenvalue weighted by atomic mass is 32.2. The molecule has 0 fully saturated rings. The zero-order valence-corrected chi connectivity index (χ0v) is 11.9. The molecule has 3 heteroatoms. The lowest BCUT2D eigenvalue weighted by atomic mass is 10.1. The Balaban J connectivity index is 1.77. The van der Waals surface area contributed by atoms with Gasteiger partial charge >= 0.3 is 0 Å². The van der Waals surface area contributed by atoms with Crippen molar-refractivity contribution in [3.05, 3.63) is 53.3 Å². The van der Waals surface area contributed by atoms with Gasteiger partial charge in [0.2, 0.25) is 0 Å². The zero-order chi connectivity index (χ0) is 13.2. The molecule has 19 heavy (non-hydrogen) atoms. The van der Waals surface area contributed by atoms with E-state index in [0.29, 0.717) is 0 Å². The molecule has 98 valence electrons. The Labute approximate surface area is 118 Å². The van der Waals surface area contributed by atoms with Crippen molar-refractivity contribution in [1.82, 2.24) is 4.98 Å². The van der Waals surface area contributed by atoms with Gasteiger partial charge < -0.3 is 5.73 Å². The molecule has 0 bridgehead atoms. The molecular formula is C16H18N2S. The molecule has 2 nitrogen and oxygen atoms in total. The van der Waals surface area contributed by atoms with Crippen LogP contribution in [0.2, 0.25) is 0 Å². The summed E-state index contributed by atoms with van der Waals surface area (Å²) in [6.07, 6.45) is 5.68. The molecule has 1 heterocycles. The first-order valence-corrected chi connectivity index (χ1v) is 7.55. The van der Waals surface area contributed by atoms with Crippen LogP contribution in [-0.2, 0) is 12.8 Å². The Morgan fingerprint density at radius 2 is 1.89 bits per heavy atom. The topological polar surface area (TPSA) is 38.9 Å². The van der Waals surface area contributed by atoms with Gasteiger partial charge in [-0.05, 0) is 61.6 Å². The molecule has 1 aromatic carbocycles. The summed E-state index contributed by atoms with van der Waals surface area (Å²) in [5.74, 6) is 0. The van der Waals surface area contributed by atoms with Crippen LogP contribution in [0.4, 0.5) is 0 Å². The van der Waals surface area contributed by atoms with Gasteiger partial charge in [-0.2, -0.15) is 0 Å². The fraction of sp³-hybridized carbons (Fsp3) is 0.312. The number of aryl methyl sites for hydroxylation is 2. The van der Waals surface area contributed by atoms with E-state index >= 15 is 0 Å². The second-order valence-corrected chi connectivity index (χ2v) is 6.24. The molecule has 1 aliphatic carbocycles. The second-order valence-electron chi connectivity index (χ2n) is 5.09. The number of hydrogen-bond acceptors (Lipinski definition) is 3. The minimum absolute atomic E-state index is 0.000885. The average Bonchev–Trinajstić information content (AvgIpc) is 2.87. The van der Waals surface area contributed by atoms with E-state index < -0.39 is 0 Å². The molecule has 0 saturated heterocycles. The van der Waals surface area contributed by atoms with Crippen molar-refractivity contribution in [1.29, 1.82) is 0 Å². The molecule has 2 aromatic rings. The molecule has 0 aliphatic heterocycles. The van der Waals surface area contributed by atoms with Gasteiger partial charge in [0.25, 0.3) is 0 Å². The Bertz CT molecular complexity index is 576. The number of rotatable bonds is 3. The summed E-state index contributed by atoms with van der Waals surface area (Å²) in [5.41, 5.74) is 9.79. The maximum Gasteiger partial charge on any atom is 0.0569 e. The van der Waals surface area contributed by atoms with Crippen molar-refractivity contribution < 1.29 is 0 Å². The predicted molar refractivity (Wildman–Crippen MR) is 79.4 cm³/mol. The van der Waals surface area contributed by atoms with Gasteiger partial charge in [-0.1, -0.05) is 17.8 Å². The summed E-state index contributed by atoms with van der Waals surface area (Å²) < 4.78 is 0. The van der Waals surface area contributed by atoms with Crippen LogP contribution in [0.1, 0.15) is 36.2 Å². The standard InChI is InChI=1S/C16H18N2S/c1-11(17)16-8-7-15(10-18-16)19-14-6-5-12-3-2-4-13(12)9-14/h5-11H,2-4,17H2,1H3/t11-/m0/s1. The van der Waals surface area contributed by atoms with Crippen molar-refractivity contribution in [3.8, 4) is 0 Å². The Kier molecular flexibility index (Phi) is 3.58. The van der Waals surface area contributed by atoms with Gasteiger partial charge in [0.05, 0.1) is 5.69 Å². The first kappa shape index (κ1) is 12.7. The third kappa shape index (κ3) is 2.82. The Morgan fingerprint density at radius 3 is 2.63 bits per heavy atom. The largest absolute Gasteiger partial charge is 0.323 e. The summed E-state index contributed by atoms with van der Waals surface area (Å²) in [5, 5.41) is 0. The average molecular weight is 270 g/mol. The third-order valence-electron chi connectivity index (χ3n) is 3.53. The predicted octanol–water partition coefficient (Wildman–Crippen LogP) is 3.74. The van der Waals surface area contributed by atoms with Crippen LogP contribution in [0.3, 0.4) is 0 Å². The number of hydrogen-bond donors (Lipinski definition) is 1. The maximum absolute atomic E-state index is 5.81. The van der Waals surface area contributed by atoms with Crippen LogP contribution < -0.4 is 5.73 Å². The zero-order valence-electron chi connectivity index (χ0n) is 11.1. The van der Waals surface area contributed by atoms with Gasteiger partial charge in [0.15, 0.2) is 0 Å². The van der Waals surface area contributed by atoms with E-state index in [0.717, 1.165) is 5.69 Å². The normalized spacial score (nSPS) is 15.3. The number of nitrogens with two attached hydrogens (primary N) is 1. The minimum atomic E-state index is -0.000885. The molecule has 2 N–H and O–H groups in total. The van der Waals surface area contributed by atoms with Gasteiger partial charge in [-0.25, -0.2) is 0 Å². The highest BCUT2D eigenvalue weighted by Gasteiger charge is 2.11. The first-order valence-electron chi connectivity index (χ1n) is 6.73. The van der Waals surface area contributed by atoms with Gasteiger partial charge in [0.1, 0.15) is 0 Å². The molecule has 1 aromatic heterocycles. The van der Waals surface area contributed by atoms with E-state index in [1.807, 2.05) is 19.2 Å². The molecule has 3 rings (SSSR count). The molecule has 0 radical (unpaired) electrons. The summed E-state index contributed by atoms with van der Waals surface area (Å²) in [6.45, 7) is 1.95. The van der Waals surface area contributed by atoms with Crippen molar-refractivity contribution in [2.24, 2.45) is 5.73 Å². The van der Waals surface area contributed by atoms with Gasteiger partial charge in [-0.3, -0.25) is 4.98 Å². The number of benzene rings is 1. The van der Waals surface area contributed by atoms with Gasteiger partial charge in [0, 0.05) is 22.0 Å². The fourth-order valence-electron chi connectivity index (χ4n) is 2.47. The van der Waals surface area contributed by atoms with Crippen molar-refractivity contribution in [2.45, 2.75) is 42.0 Å². The molecule has 0 unspecified atom stereocenters. The molecule has 1 atom stereocenters. The monoisotopic (exact) mass is 270 g/mol. The van der Waals surface area contributed by atoms with Crippen LogP contribution in [0, 0.1) is 0 Å². The maximum atomic E-state index is 5.81. The first-order chi connectivity index (χ1) is 9.22. The Hall–Kier alpha value is -1.32. The summed E-state index contributed by atoms with van der Waals surface area (Å²) >= 11 is 1.77. The second kappa shape index (κ2) is 5.35. The SMILES string of the molecule is C[C@H](N)c1ccc(Sc2ccc3c(c2)CCC3)cn1. The van der Waals surface area contributed by atoms with Crippen LogP contribution in [0.25, 0.3) is 0 Å². The molecule has 0 saturated carbocycles. The molecule has 1 aliphatic rings. The van der Waals surface area contributed by atoms with E-state index in [-0.39, 0.29) is 6.04 Å². The number of pyridine rings is 1. The van der Waals surface area contributed by atoms with Crippen molar-refractivity contribution >= 4 is 11.8 Å². The summed E-state index contributed by atoms with van der Waals surface area (Å²) in [6, 6.07) is 10.9. The van der Waals surface area contributed by atoms with Crippen LogP contribution in [0.5, 0.6) is 0 Å². The highest BCUT2D eigenvalue weighted by molar-refractivity contribution is 7.99. The van der Waals surface area contributed by atoms with E-state index in [4.69, 9.17) is 5.73 Å². The lowest BCUT2D eigenvalue weighted by Crippen LogP contribution is -2.06. The lowest BCUT2D eigenvalue weighted by Gasteiger charge is -2.07.